The minimum absolute atomic E-state index is 0.0939. The van der Waals surface area contributed by atoms with E-state index in [-0.39, 0.29) is 12.6 Å². The molecule has 6 nitrogen and oxygen atoms in total. The average molecular weight is 322 g/mol. The molecule has 0 aliphatic carbocycles. The van der Waals surface area contributed by atoms with Crippen LogP contribution < -0.4 is 10.6 Å². The lowest BCUT2D eigenvalue weighted by Gasteiger charge is -2.23. The van der Waals surface area contributed by atoms with Crippen LogP contribution in [0.3, 0.4) is 0 Å². The second kappa shape index (κ2) is 9.15. The molecular formula is C17H26N2O4. The Balaban J connectivity index is 2.64. The molecule has 0 bridgehead atoms. The van der Waals surface area contributed by atoms with Crippen LogP contribution in [-0.4, -0.2) is 37.5 Å². The number of nitrogens with one attached hydrogen (secondary N) is 2. The lowest BCUT2D eigenvalue weighted by Crippen LogP contribution is -2.48. The molecule has 0 aliphatic heterocycles. The summed E-state index contributed by atoms with van der Waals surface area (Å²) in [6, 6.07) is 9.11. The normalized spacial score (nSPS) is 12.3. The molecular weight excluding hydrogens is 296 g/mol. The van der Waals surface area contributed by atoms with E-state index < -0.39 is 17.7 Å². The number of methoxy groups -OCH3 is 1. The summed E-state index contributed by atoms with van der Waals surface area (Å²) in [6.45, 7) is 5.42. The molecule has 1 aromatic carbocycles. The maximum Gasteiger partial charge on any atom is 0.408 e. The van der Waals surface area contributed by atoms with Gasteiger partial charge in [0.25, 0.3) is 0 Å². The third kappa shape index (κ3) is 8.21. The first-order valence-corrected chi connectivity index (χ1v) is 7.62. The number of carbonyl (C=O) groups is 2. The molecule has 0 heterocycles. The summed E-state index contributed by atoms with van der Waals surface area (Å²) in [4.78, 5) is 24.1. The first-order chi connectivity index (χ1) is 10.8. The number of aryl methyl sites for hydroxylation is 1. The smallest absolute Gasteiger partial charge is 0.408 e. The predicted octanol–water partition coefficient (Wildman–Crippen LogP) is 2.23. The molecule has 128 valence electrons. The van der Waals surface area contributed by atoms with E-state index in [2.05, 4.69) is 10.6 Å². The van der Waals surface area contributed by atoms with E-state index in [0.29, 0.717) is 12.8 Å². The number of hydrogen-bond donors (Lipinski definition) is 2. The van der Waals surface area contributed by atoms with Crippen LogP contribution in [0.1, 0.15) is 32.8 Å². The van der Waals surface area contributed by atoms with E-state index >= 15 is 0 Å². The number of alkyl carbamates (subject to hydrolysis) is 1. The van der Waals surface area contributed by atoms with Gasteiger partial charge in [-0.3, -0.25) is 4.79 Å². The van der Waals surface area contributed by atoms with Gasteiger partial charge in [-0.2, -0.15) is 0 Å². The molecule has 0 fully saturated rings. The molecule has 0 unspecified atom stereocenters. The van der Waals surface area contributed by atoms with Crippen LogP contribution in [0.5, 0.6) is 0 Å². The van der Waals surface area contributed by atoms with Crippen molar-refractivity contribution in [3.8, 4) is 0 Å². The summed E-state index contributed by atoms with van der Waals surface area (Å²) in [5.41, 5.74) is 0.486. The highest BCUT2D eigenvalue weighted by Crippen LogP contribution is 2.09. The highest BCUT2D eigenvalue weighted by Gasteiger charge is 2.24. The Morgan fingerprint density at radius 3 is 2.39 bits per heavy atom. The zero-order chi connectivity index (χ0) is 17.3. The number of carbonyl (C=O) groups excluding carboxylic acids is 2. The third-order valence-corrected chi connectivity index (χ3v) is 2.96. The van der Waals surface area contributed by atoms with Crippen molar-refractivity contribution in [2.24, 2.45) is 0 Å². The fraction of sp³-hybridized carbons (Fsp3) is 0.529. The Morgan fingerprint density at radius 2 is 1.83 bits per heavy atom. The van der Waals surface area contributed by atoms with Crippen LogP contribution in [-0.2, 0) is 20.7 Å². The standard InChI is InChI=1S/C17H26N2O4/c1-17(2,3)23-16(21)19-14(15(20)18-12-22-4)11-10-13-8-6-5-7-9-13/h5-9,14H,10-12H2,1-4H3,(H,18,20)(H,19,21)/t14-/m0/s1. The molecule has 0 saturated heterocycles. The van der Waals surface area contributed by atoms with Crippen LogP contribution >= 0.6 is 0 Å². The number of hydrogen-bond acceptors (Lipinski definition) is 4. The summed E-state index contributed by atoms with van der Waals surface area (Å²) >= 11 is 0. The third-order valence-electron chi connectivity index (χ3n) is 2.96. The molecule has 6 heteroatoms. The summed E-state index contributed by atoms with van der Waals surface area (Å²) < 4.78 is 10.0. The van der Waals surface area contributed by atoms with E-state index in [1.807, 2.05) is 30.3 Å². The van der Waals surface area contributed by atoms with E-state index in [4.69, 9.17) is 9.47 Å². The lowest BCUT2D eigenvalue weighted by atomic mass is 10.0. The number of amides is 2. The van der Waals surface area contributed by atoms with Crippen molar-refractivity contribution in [2.75, 3.05) is 13.8 Å². The summed E-state index contributed by atoms with van der Waals surface area (Å²) in [7, 11) is 1.49. The molecule has 0 saturated carbocycles. The van der Waals surface area contributed by atoms with Crippen molar-refractivity contribution < 1.29 is 19.1 Å². The maximum atomic E-state index is 12.2. The van der Waals surface area contributed by atoms with Gasteiger partial charge in [0.2, 0.25) is 5.91 Å². The van der Waals surface area contributed by atoms with Gasteiger partial charge >= 0.3 is 6.09 Å². The van der Waals surface area contributed by atoms with Gasteiger partial charge < -0.3 is 20.1 Å². The topological polar surface area (TPSA) is 76.7 Å². The Hall–Kier alpha value is -2.08. The zero-order valence-corrected chi connectivity index (χ0v) is 14.2. The number of rotatable bonds is 7. The molecule has 0 aromatic heterocycles. The SMILES string of the molecule is COCNC(=O)[C@H](CCc1ccccc1)NC(=O)OC(C)(C)C. The highest BCUT2D eigenvalue weighted by molar-refractivity contribution is 5.85. The maximum absolute atomic E-state index is 12.2. The van der Waals surface area contributed by atoms with Gasteiger partial charge in [0.05, 0.1) is 0 Å². The Bertz CT molecular complexity index is 497. The molecule has 2 N–H and O–H groups in total. The molecule has 1 aromatic rings. The van der Waals surface area contributed by atoms with Crippen molar-refractivity contribution in [3.05, 3.63) is 35.9 Å². The van der Waals surface area contributed by atoms with Gasteiger partial charge in [0.15, 0.2) is 0 Å². The largest absolute Gasteiger partial charge is 0.444 e. The van der Waals surface area contributed by atoms with E-state index in [0.717, 1.165) is 5.56 Å². The van der Waals surface area contributed by atoms with Gasteiger partial charge in [-0.15, -0.1) is 0 Å². The van der Waals surface area contributed by atoms with Crippen LogP contribution in [0.15, 0.2) is 30.3 Å². The number of benzene rings is 1. The summed E-state index contributed by atoms with van der Waals surface area (Å²) in [6.07, 6.45) is 0.531. The molecule has 1 rings (SSSR count). The first kappa shape index (κ1) is 19.0. The zero-order valence-electron chi connectivity index (χ0n) is 14.2. The molecule has 0 aliphatic rings. The van der Waals surface area contributed by atoms with Crippen LogP contribution in [0.4, 0.5) is 4.79 Å². The Labute approximate surface area is 137 Å². The van der Waals surface area contributed by atoms with Gasteiger partial charge in [-0.1, -0.05) is 30.3 Å². The van der Waals surface area contributed by atoms with Crippen LogP contribution in [0.2, 0.25) is 0 Å². The van der Waals surface area contributed by atoms with Crippen molar-refractivity contribution in [1.29, 1.82) is 0 Å². The average Bonchev–Trinajstić information content (AvgIpc) is 2.48. The van der Waals surface area contributed by atoms with Crippen LogP contribution in [0, 0.1) is 0 Å². The second-order valence-electron chi connectivity index (χ2n) is 6.20. The molecule has 0 spiro atoms. The molecule has 1 atom stereocenters. The van der Waals surface area contributed by atoms with Crippen molar-refractivity contribution in [2.45, 2.75) is 45.3 Å². The molecule has 2 amide bonds. The fourth-order valence-electron chi connectivity index (χ4n) is 1.94. The quantitative estimate of drug-likeness (QED) is 0.755. The monoisotopic (exact) mass is 322 g/mol. The number of ether oxygens (including phenoxy) is 2. The second-order valence-corrected chi connectivity index (χ2v) is 6.20. The Morgan fingerprint density at radius 1 is 1.17 bits per heavy atom. The van der Waals surface area contributed by atoms with Crippen molar-refractivity contribution in [3.63, 3.8) is 0 Å². The minimum Gasteiger partial charge on any atom is -0.444 e. The van der Waals surface area contributed by atoms with Crippen LogP contribution in [0.25, 0.3) is 0 Å². The van der Waals surface area contributed by atoms with Gasteiger partial charge in [0.1, 0.15) is 18.4 Å². The minimum atomic E-state index is -0.680. The summed E-state index contributed by atoms with van der Waals surface area (Å²) in [5, 5.41) is 5.23. The van der Waals surface area contributed by atoms with Crippen molar-refractivity contribution >= 4 is 12.0 Å². The lowest BCUT2D eigenvalue weighted by molar-refractivity contribution is -0.124. The Kier molecular flexibility index (Phi) is 7.54. The predicted molar refractivity (Wildman–Crippen MR) is 87.9 cm³/mol. The van der Waals surface area contributed by atoms with Crippen molar-refractivity contribution in [1.82, 2.24) is 10.6 Å². The fourth-order valence-corrected chi connectivity index (χ4v) is 1.94. The summed E-state index contributed by atoms with van der Waals surface area (Å²) in [5.74, 6) is -0.298. The molecule has 0 radical (unpaired) electrons. The van der Waals surface area contributed by atoms with Gasteiger partial charge in [-0.05, 0) is 39.2 Å². The van der Waals surface area contributed by atoms with Gasteiger partial charge in [-0.25, -0.2) is 4.79 Å². The molecule has 23 heavy (non-hydrogen) atoms. The van der Waals surface area contributed by atoms with E-state index in [1.54, 1.807) is 20.8 Å². The van der Waals surface area contributed by atoms with E-state index in [9.17, 15) is 9.59 Å². The first-order valence-electron chi connectivity index (χ1n) is 7.62. The van der Waals surface area contributed by atoms with Gasteiger partial charge in [0, 0.05) is 7.11 Å². The highest BCUT2D eigenvalue weighted by atomic mass is 16.6. The van der Waals surface area contributed by atoms with E-state index in [1.165, 1.54) is 7.11 Å².